The van der Waals surface area contributed by atoms with Gasteiger partial charge in [-0.15, -0.1) is 11.3 Å². The van der Waals surface area contributed by atoms with Gasteiger partial charge < -0.3 is 14.7 Å². The molecule has 2 aromatic carbocycles. The van der Waals surface area contributed by atoms with Crippen molar-refractivity contribution in [1.29, 1.82) is 0 Å². The summed E-state index contributed by atoms with van der Waals surface area (Å²) in [6.45, 7) is 7.19. The highest BCUT2D eigenvalue weighted by Gasteiger charge is 2.37. The van der Waals surface area contributed by atoms with Crippen molar-refractivity contribution >= 4 is 27.0 Å². The van der Waals surface area contributed by atoms with Gasteiger partial charge in [-0.2, -0.15) is 4.31 Å². The van der Waals surface area contributed by atoms with Gasteiger partial charge in [0.1, 0.15) is 10.0 Å². The topological polar surface area (TPSA) is 73.3 Å². The van der Waals surface area contributed by atoms with Gasteiger partial charge in [-0.1, -0.05) is 30.3 Å². The summed E-state index contributed by atoms with van der Waals surface area (Å²) >= 11 is 1.24. The van der Waals surface area contributed by atoms with Crippen molar-refractivity contribution in [3.05, 3.63) is 83.0 Å². The molecule has 0 amide bonds. The van der Waals surface area contributed by atoms with Crippen LogP contribution in [0.3, 0.4) is 0 Å². The van der Waals surface area contributed by atoms with E-state index in [1.807, 2.05) is 24.3 Å². The Balaban J connectivity index is 1.44. The number of sulfonamides is 1. The molecule has 204 valence electrons. The summed E-state index contributed by atoms with van der Waals surface area (Å²) in [6, 6.07) is 17.6. The maximum atomic E-state index is 13.6. The lowest BCUT2D eigenvalue weighted by Crippen LogP contribution is -2.59. The van der Waals surface area contributed by atoms with E-state index in [0.717, 1.165) is 16.8 Å². The summed E-state index contributed by atoms with van der Waals surface area (Å²) in [5.74, 6) is -0.278. The largest absolute Gasteiger partial charge is 0.386 e. The smallest absolute Gasteiger partial charge is 0.252 e. The van der Waals surface area contributed by atoms with Crippen LogP contribution in [0.1, 0.15) is 31.0 Å². The Kier molecular flexibility index (Phi) is 7.91. The number of aliphatic hydroxyl groups is 1. The van der Waals surface area contributed by atoms with Crippen molar-refractivity contribution in [2.45, 2.75) is 35.7 Å². The molecule has 2 fully saturated rings. The second-order valence-corrected chi connectivity index (χ2v) is 13.5. The molecule has 5 rings (SSSR count). The number of hydrogen-bond acceptors (Lipinski definition) is 7. The second kappa shape index (κ2) is 11.0. The van der Waals surface area contributed by atoms with Crippen LogP contribution in [0.2, 0.25) is 0 Å². The molecule has 3 heterocycles. The van der Waals surface area contributed by atoms with E-state index in [4.69, 9.17) is 4.74 Å². The van der Waals surface area contributed by atoms with E-state index < -0.39 is 15.6 Å². The lowest BCUT2D eigenvalue weighted by molar-refractivity contribution is -0.0126. The molecule has 0 spiro atoms. The molecule has 38 heavy (non-hydrogen) atoms. The molecule has 0 bridgehead atoms. The molecule has 0 aliphatic carbocycles. The maximum absolute atomic E-state index is 13.6. The number of anilines is 1. The van der Waals surface area contributed by atoms with E-state index in [1.165, 1.54) is 23.5 Å². The fourth-order valence-electron chi connectivity index (χ4n) is 5.26. The van der Waals surface area contributed by atoms with Crippen LogP contribution in [-0.4, -0.2) is 74.7 Å². The lowest BCUT2D eigenvalue weighted by Gasteiger charge is -2.46. The number of rotatable bonds is 7. The van der Waals surface area contributed by atoms with Gasteiger partial charge in [0.25, 0.3) is 10.0 Å². The molecule has 10 heteroatoms. The highest BCUT2D eigenvalue weighted by molar-refractivity contribution is 7.91. The average molecular weight is 560 g/mol. The standard InChI is InChI=1S/C28H34FN3O4S2/c1-28(2,33)22-7-11-24(12-8-22)32-14-13-31(38(34,35)27-4-3-17-37-27)19-25(32)18-30-15-16-36-20-26(30)21-5-9-23(29)10-6-21/h3-12,17,25-26,33H,13-16,18-20H2,1-2H3/t25-,26?/m0/s1. The van der Waals surface area contributed by atoms with Crippen molar-refractivity contribution in [3.8, 4) is 0 Å². The molecule has 3 aromatic rings. The molecular weight excluding hydrogens is 525 g/mol. The molecule has 7 nitrogen and oxygen atoms in total. The number of hydrogen-bond donors (Lipinski definition) is 1. The molecule has 2 aliphatic heterocycles. The van der Waals surface area contributed by atoms with E-state index in [1.54, 1.807) is 47.8 Å². The molecule has 2 aliphatic rings. The predicted octanol–water partition coefficient (Wildman–Crippen LogP) is 4.07. The third kappa shape index (κ3) is 5.80. The first-order valence-electron chi connectivity index (χ1n) is 12.8. The number of piperazine rings is 1. The van der Waals surface area contributed by atoms with Crippen LogP contribution in [0, 0.1) is 5.82 Å². The Morgan fingerprint density at radius 1 is 1.05 bits per heavy atom. The monoisotopic (exact) mass is 559 g/mol. The zero-order valence-corrected chi connectivity index (χ0v) is 23.3. The summed E-state index contributed by atoms with van der Waals surface area (Å²) < 4.78 is 48.2. The molecule has 0 saturated carbocycles. The number of ether oxygens (including phenoxy) is 1. The summed E-state index contributed by atoms with van der Waals surface area (Å²) in [6.07, 6.45) is 0. The summed E-state index contributed by atoms with van der Waals surface area (Å²) in [5.41, 5.74) is 1.84. The number of thiophene rings is 1. The Morgan fingerprint density at radius 2 is 1.79 bits per heavy atom. The SMILES string of the molecule is CC(C)(O)c1ccc(N2CCN(S(=O)(=O)c3cccs3)C[C@@H]2CN2CCOCC2c2ccc(F)cc2)cc1. The van der Waals surface area contributed by atoms with E-state index >= 15 is 0 Å². The summed E-state index contributed by atoms with van der Waals surface area (Å²) in [7, 11) is -3.59. The van der Waals surface area contributed by atoms with Crippen molar-refractivity contribution in [2.24, 2.45) is 0 Å². The first-order valence-corrected chi connectivity index (χ1v) is 15.2. The van der Waals surface area contributed by atoms with E-state index in [0.29, 0.717) is 50.1 Å². The quantitative estimate of drug-likeness (QED) is 0.471. The van der Waals surface area contributed by atoms with Gasteiger partial charge in [0, 0.05) is 38.4 Å². The number of halogens is 1. The third-order valence-corrected chi connectivity index (χ3v) is 10.6. The van der Waals surface area contributed by atoms with Gasteiger partial charge in [-0.3, -0.25) is 4.90 Å². The van der Waals surface area contributed by atoms with Gasteiger partial charge in [0.05, 0.1) is 30.9 Å². The highest BCUT2D eigenvalue weighted by Crippen LogP contribution is 2.31. The minimum atomic E-state index is -3.59. The minimum Gasteiger partial charge on any atom is -0.386 e. The molecule has 2 atom stereocenters. The first kappa shape index (κ1) is 27.2. The summed E-state index contributed by atoms with van der Waals surface area (Å²) in [4.78, 5) is 4.59. The lowest BCUT2D eigenvalue weighted by atomic mass is 9.98. The zero-order valence-electron chi connectivity index (χ0n) is 21.7. The number of benzene rings is 2. The number of morpholine rings is 1. The first-order chi connectivity index (χ1) is 18.1. The van der Waals surface area contributed by atoms with Gasteiger partial charge in [-0.05, 0) is 60.7 Å². The van der Waals surface area contributed by atoms with Gasteiger partial charge in [-0.25, -0.2) is 12.8 Å². The van der Waals surface area contributed by atoms with Crippen LogP contribution < -0.4 is 4.90 Å². The fraction of sp³-hybridized carbons (Fsp3) is 0.429. The number of nitrogens with zero attached hydrogens (tertiary/aromatic N) is 3. The molecular formula is C28H34FN3O4S2. The summed E-state index contributed by atoms with van der Waals surface area (Å²) in [5, 5.41) is 12.2. The normalized spacial score (nSPS) is 22.1. The Hall–Kier alpha value is -2.34. The van der Waals surface area contributed by atoms with E-state index in [9.17, 15) is 17.9 Å². The Morgan fingerprint density at radius 3 is 2.45 bits per heavy atom. The van der Waals surface area contributed by atoms with E-state index in [2.05, 4.69) is 9.80 Å². The minimum absolute atomic E-state index is 0.0481. The molecule has 2 saturated heterocycles. The zero-order chi connectivity index (χ0) is 26.9. The molecule has 1 N–H and O–H groups in total. The van der Waals surface area contributed by atoms with Gasteiger partial charge in [0.2, 0.25) is 0 Å². The fourth-order valence-corrected chi connectivity index (χ4v) is 7.87. The van der Waals surface area contributed by atoms with Crippen LogP contribution >= 0.6 is 11.3 Å². The molecule has 1 aromatic heterocycles. The van der Waals surface area contributed by atoms with E-state index in [-0.39, 0.29) is 17.9 Å². The second-order valence-electron chi connectivity index (χ2n) is 10.4. The predicted molar refractivity (Wildman–Crippen MR) is 147 cm³/mol. The van der Waals surface area contributed by atoms with Crippen LogP contribution in [0.4, 0.5) is 10.1 Å². The van der Waals surface area contributed by atoms with Gasteiger partial charge >= 0.3 is 0 Å². The van der Waals surface area contributed by atoms with Crippen LogP contribution in [0.15, 0.2) is 70.3 Å². The van der Waals surface area contributed by atoms with Crippen molar-refractivity contribution in [2.75, 3.05) is 50.8 Å². The van der Waals surface area contributed by atoms with Crippen LogP contribution in [0.25, 0.3) is 0 Å². The average Bonchev–Trinajstić information content (AvgIpc) is 3.45. The third-order valence-electron chi connectivity index (χ3n) is 7.38. The van der Waals surface area contributed by atoms with Crippen LogP contribution in [-0.2, 0) is 20.4 Å². The van der Waals surface area contributed by atoms with Crippen LogP contribution in [0.5, 0.6) is 0 Å². The maximum Gasteiger partial charge on any atom is 0.252 e. The van der Waals surface area contributed by atoms with Gasteiger partial charge in [0.15, 0.2) is 0 Å². The van der Waals surface area contributed by atoms with Crippen molar-refractivity contribution in [3.63, 3.8) is 0 Å². The molecule has 0 radical (unpaired) electrons. The van der Waals surface area contributed by atoms with Crippen molar-refractivity contribution < 1.29 is 22.7 Å². The molecule has 1 unspecified atom stereocenters. The highest BCUT2D eigenvalue weighted by atomic mass is 32.2. The van der Waals surface area contributed by atoms with Crippen molar-refractivity contribution in [1.82, 2.24) is 9.21 Å². The Bertz CT molecular complexity index is 1310. The Labute approximate surface area is 228 Å².